The lowest BCUT2D eigenvalue weighted by molar-refractivity contribution is -0.384. The van der Waals surface area contributed by atoms with Crippen molar-refractivity contribution >= 4 is 28.8 Å². The van der Waals surface area contributed by atoms with Crippen molar-refractivity contribution in [2.45, 2.75) is 6.67 Å². The number of rotatable bonds is 4. The molecule has 3 aromatic rings. The van der Waals surface area contributed by atoms with E-state index in [9.17, 15) is 14.9 Å². The first kappa shape index (κ1) is 17.9. The monoisotopic (exact) mass is 396 g/mol. The van der Waals surface area contributed by atoms with Crippen molar-refractivity contribution < 1.29 is 9.66 Å². The minimum Gasteiger partial charge on any atom is -0.497 e. The summed E-state index contributed by atoms with van der Waals surface area (Å²) in [5.41, 5.74) is 1.58. The molecule has 8 nitrogen and oxygen atoms in total. The van der Waals surface area contributed by atoms with Crippen LogP contribution in [0.1, 0.15) is 5.56 Å². The molecule has 1 aliphatic rings. The van der Waals surface area contributed by atoms with Gasteiger partial charge in [0, 0.05) is 17.8 Å². The Kier molecular flexibility index (Phi) is 4.66. The molecule has 1 aliphatic heterocycles. The van der Waals surface area contributed by atoms with Crippen LogP contribution in [0.4, 0.5) is 11.4 Å². The maximum absolute atomic E-state index is 12.8. The highest BCUT2D eigenvalue weighted by Gasteiger charge is 2.16. The molecule has 0 saturated heterocycles. The lowest BCUT2D eigenvalue weighted by Gasteiger charge is -2.25. The quantitative estimate of drug-likeness (QED) is 0.495. The van der Waals surface area contributed by atoms with E-state index < -0.39 is 4.92 Å². The van der Waals surface area contributed by atoms with Crippen LogP contribution in [-0.2, 0) is 6.67 Å². The molecule has 0 saturated carbocycles. The molecule has 2 heterocycles. The highest BCUT2D eigenvalue weighted by atomic mass is 32.1. The number of hydrogen-bond donors (Lipinski definition) is 0. The van der Waals surface area contributed by atoms with E-state index >= 15 is 0 Å². The highest BCUT2D eigenvalue weighted by Crippen LogP contribution is 2.20. The number of hydrogen-bond acceptors (Lipinski definition) is 7. The molecule has 142 valence electrons. The number of benzene rings is 2. The molecule has 0 unspecified atom stereocenters. The van der Waals surface area contributed by atoms with Gasteiger partial charge in [0.1, 0.15) is 19.1 Å². The van der Waals surface area contributed by atoms with E-state index in [2.05, 4.69) is 4.99 Å². The number of methoxy groups -OCH3 is 1. The van der Waals surface area contributed by atoms with Crippen molar-refractivity contribution in [3.8, 4) is 5.75 Å². The van der Waals surface area contributed by atoms with Crippen molar-refractivity contribution in [2.75, 3.05) is 18.7 Å². The van der Waals surface area contributed by atoms with Gasteiger partial charge in [-0.1, -0.05) is 11.3 Å². The van der Waals surface area contributed by atoms with Gasteiger partial charge in [-0.25, -0.2) is 4.99 Å². The molecule has 4 rings (SSSR count). The third kappa shape index (κ3) is 3.39. The molecule has 0 spiro atoms. The zero-order valence-electron chi connectivity index (χ0n) is 14.9. The Bertz CT molecular complexity index is 1200. The zero-order valence-corrected chi connectivity index (χ0v) is 15.8. The molecule has 0 atom stereocenters. The van der Waals surface area contributed by atoms with Crippen LogP contribution >= 0.6 is 11.3 Å². The van der Waals surface area contributed by atoms with Gasteiger partial charge in [-0.2, -0.15) is 0 Å². The molecule has 0 radical (unpaired) electrons. The molecule has 0 aliphatic carbocycles. The number of non-ortho nitro benzene ring substituents is 1. The van der Waals surface area contributed by atoms with Crippen LogP contribution in [0.2, 0.25) is 0 Å². The minimum absolute atomic E-state index is 0.0180. The Hall–Kier alpha value is -3.46. The van der Waals surface area contributed by atoms with E-state index in [0.717, 1.165) is 17.0 Å². The van der Waals surface area contributed by atoms with Gasteiger partial charge in [0.15, 0.2) is 4.80 Å². The largest absolute Gasteiger partial charge is 0.497 e. The molecule has 0 amide bonds. The van der Waals surface area contributed by atoms with Crippen LogP contribution in [0.15, 0.2) is 58.3 Å². The van der Waals surface area contributed by atoms with Crippen molar-refractivity contribution in [1.29, 1.82) is 0 Å². The molecule has 1 aromatic heterocycles. The number of ether oxygens (including phenoxy) is 1. The predicted molar refractivity (Wildman–Crippen MR) is 106 cm³/mol. The Morgan fingerprint density at radius 2 is 1.89 bits per heavy atom. The first-order valence-corrected chi connectivity index (χ1v) is 9.26. The summed E-state index contributed by atoms with van der Waals surface area (Å²) < 4.78 is 7.36. The minimum atomic E-state index is -0.449. The third-order valence-corrected chi connectivity index (χ3v) is 5.46. The van der Waals surface area contributed by atoms with Crippen molar-refractivity contribution in [3.63, 3.8) is 0 Å². The van der Waals surface area contributed by atoms with E-state index in [1.807, 2.05) is 29.2 Å². The van der Waals surface area contributed by atoms with Crippen LogP contribution in [0, 0.1) is 10.1 Å². The zero-order chi connectivity index (χ0) is 19.7. The van der Waals surface area contributed by atoms with Gasteiger partial charge in [0.25, 0.3) is 11.2 Å². The fraction of sp³-hybridized carbons (Fsp3) is 0.158. The van der Waals surface area contributed by atoms with Crippen LogP contribution in [0.3, 0.4) is 0 Å². The number of thiazole rings is 1. The molecule has 9 heteroatoms. The average Bonchev–Trinajstić information content (AvgIpc) is 3.03. The second-order valence-corrected chi connectivity index (χ2v) is 7.16. The van der Waals surface area contributed by atoms with Crippen molar-refractivity contribution in [2.24, 2.45) is 4.99 Å². The van der Waals surface area contributed by atoms with Crippen molar-refractivity contribution in [3.05, 3.63) is 83.9 Å². The smallest absolute Gasteiger partial charge is 0.271 e. The van der Waals surface area contributed by atoms with Crippen LogP contribution in [0.25, 0.3) is 6.08 Å². The Labute approximate surface area is 163 Å². The summed E-state index contributed by atoms with van der Waals surface area (Å²) in [5.74, 6) is 0.770. The molecule has 2 aromatic carbocycles. The number of aromatic nitrogens is 1. The number of anilines is 1. The van der Waals surface area contributed by atoms with Gasteiger partial charge in [-0.3, -0.25) is 19.5 Å². The summed E-state index contributed by atoms with van der Waals surface area (Å²) in [6.07, 6.45) is 1.73. The fourth-order valence-electron chi connectivity index (χ4n) is 2.91. The SMILES string of the molecule is COc1ccc(N2CN=c3s/c(=C\c4ccc([N+](=O)[O-])cc4)c(=O)n3C2)cc1. The highest BCUT2D eigenvalue weighted by molar-refractivity contribution is 7.07. The van der Waals surface area contributed by atoms with E-state index in [1.165, 1.54) is 23.5 Å². The topological polar surface area (TPSA) is 90.0 Å². The van der Waals surface area contributed by atoms with Gasteiger partial charge in [-0.15, -0.1) is 0 Å². The summed E-state index contributed by atoms with van der Waals surface area (Å²) in [7, 11) is 1.62. The van der Waals surface area contributed by atoms with Crippen LogP contribution < -0.4 is 24.5 Å². The van der Waals surface area contributed by atoms with E-state index in [1.54, 1.807) is 29.9 Å². The van der Waals surface area contributed by atoms with Gasteiger partial charge in [0.05, 0.1) is 16.6 Å². The Balaban J connectivity index is 1.64. The first-order valence-electron chi connectivity index (χ1n) is 8.44. The van der Waals surface area contributed by atoms with Gasteiger partial charge in [0.2, 0.25) is 0 Å². The fourth-order valence-corrected chi connectivity index (χ4v) is 3.87. The molecular formula is C19H16N4O4S. The van der Waals surface area contributed by atoms with E-state index in [4.69, 9.17) is 4.74 Å². The number of nitro benzene ring substituents is 1. The molecule has 0 fully saturated rings. The van der Waals surface area contributed by atoms with Gasteiger partial charge >= 0.3 is 0 Å². The molecule has 0 bridgehead atoms. The Morgan fingerprint density at radius 3 is 2.54 bits per heavy atom. The molecule has 28 heavy (non-hydrogen) atoms. The lowest BCUT2D eigenvalue weighted by Crippen LogP contribution is -2.42. The van der Waals surface area contributed by atoms with Gasteiger partial charge in [-0.05, 0) is 48.0 Å². The lowest BCUT2D eigenvalue weighted by atomic mass is 10.2. The Morgan fingerprint density at radius 1 is 1.18 bits per heavy atom. The maximum Gasteiger partial charge on any atom is 0.271 e. The average molecular weight is 396 g/mol. The summed E-state index contributed by atoms with van der Waals surface area (Å²) in [4.78, 5) is 30.3. The first-order chi connectivity index (χ1) is 13.5. The van der Waals surface area contributed by atoms with Gasteiger partial charge < -0.3 is 9.64 Å². The van der Waals surface area contributed by atoms with E-state index in [-0.39, 0.29) is 11.2 Å². The number of nitro groups is 1. The van der Waals surface area contributed by atoms with Crippen LogP contribution in [-0.4, -0.2) is 23.3 Å². The van der Waals surface area contributed by atoms with E-state index in [0.29, 0.717) is 22.7 Å². The third-order valence-electron chi connectivity index (χ3n) is 4.42. The molecule has 0 N–H and O–H groups in total. The molecular weight excluding hydrogens is 380 g/mol. The summed E-state index contributed by atoms with van der Waals surface area (Å²) >= 11 is 1.32. The number of fused-ring (bicyclic) bond motifs is 1. The summed E-state index contributed by atoms with van der Waals surface area (Å²) in [6.45, 7) is 0.873. The second-order valence-electron chi connectivity index (χ2n) is 6.15. The standard InChI is InChI=1S/C19H16N4O4S/c1-27-16-8-6-14(7-9-16)21-11-20-19-22(12-21)18(24)17(28-19)10-13-2-4-15(5-3-13)23(25)26/h2-10H,11-12H2,1H3/b17-10-. The summed E-state index contributed by atoms with van der Waals surface area (Å²) in [6, 6.07) is 13.7. The predicted octanol–water partition coefficient (Wildman–Crippen LogP) is 1.71. The normalized spacial score (nSPS) is 13.8. The van der Waals surface area contributed by atoms with Crippen molar-refractivity contribution in [1.82, 2.24) is 4.57 Å². The maximum atomic E-state index is 12.8. The summed E-state index contributed by atoms with van der Waals surface area (Å²) in [5, 5.41) is 10.8. The van der Waals surface area contributed by atoms with Crippen LogP contribution in [0.5, 0.6) is 5.75 Å². The number of nitrogens with zero attached hydrogens (tertiary/aromatic N) is 4. The second kappa shape index (κ2) is 7.28.